The lowest BCUT2D eigenvalue weighted by atomic mass is 9.82. The van der Waals surface area contributed by atoms with Gasteiger partial charge in [0.2, 0.25) is 11.8 Å². The number of aliphatic carboxylic acids is 1. The fraction of sp³-hybridized carbons (Fsp3) is 0.179. The number of carboxylic acids is 1. The van der Waals surface area contributed by atoms with Crippen molar-refractivity contribution >= 4 is 40.9 Å². The zero-order valence-electron chi connectivity index (χ0n) is 19.3. The molecule has 0 fully saturated rings. The number of para-hydroxylation sites is 1. The van der Waals surface area contributed by atoms with E-state index in [0.717, 1.165) is 5.56 Å². The van der Waals surface area contributed by atoms with Crippen LogP contribution in [0, 0.1) is 17.7 Å². The summed E-state index contributed by atoms with van der Waals surface area (Å²) in [6, 6.07) is 22.2. The van der Waals surface area contributed by atoms with Crippen LogP contribution in [0.4, 0.5) is 15.8 Å². The third-order valence-corrected chi connectivity index (χ3v) is 7.16. The van der Waals surface area contributed by atoms with E-state index in [1.165, 1.54) is 23.9 Å². The highest BCUT2D eigenvalue weighted by Crippen LogP contribution is 2.37. The molecule has 8 heteroatoms. The normalized spacial score (nSPS) is 17.7. The minimum Gasteiger partial charge on any atom is -0.481 e. The van der Waals surface area contributed by atoms with E-state index < -0.39 is 28.9 Å². The summed E-state index contributed by atoms with van der Waals surface area (Å²) in [7, 11) is 0. The number of carbonyl (C=O) groups excluding carboxylic acids is 2. The van der Waals surface area contributed by atoms with Crippen LogP contribution in [0.1, 0.15) is 23.7 Å². The van der Waals surface area contributed by atoms with Crippen LogP contribution >= 0.6 is 11.8 Å². The van der Waals surface area contributed by atoms with E-state index in [4.69, 9.17) is 0 Å². The highest BCUT2D eigenvalue weighted by molar-refractivity contribution is 8.00. The summed E-state index contributed by atoms with van der Waals surface area (Å²) in [5.41, 5.74) is 1.34. The van der Waals surface area contributed by atoms with Crippen LogP contribution in [-0.4, -0.2) is 22.9 Å². The number of anilines is 2. The zero-order chi connectivity index (χ0) is 25.5. The van der Waals surface area contributed by atoms with Crippen molar-refractivity contribution in [3.05, 3.63) is 102 Å². The Morgan fingerprint density at radius 2 is 1.56 bits per heavy atom. The smallest absolute Gasteiger partial charge is 0.307 e. The van der Waals surface area contributed by atoms with Gasteiger partial charge in [0.1, 0.15) is 11.1 Å². The van der Waals surface area contributed by atoms with Gasteiger partial charge in [-0.3, -0.25) is 14.4 Å². The molecule has 1 aliphatic carbocycles. The number of nitrogens with one attached hydrogen (secondary N) is 2. The van der Waals surface area contributed by atoms with E-state index in [9.17, 15) is 23.9 Å². The number of allylic oxidation sites excluding steroid dienone is 2. The maximum absolute atomic E-state index is 14.1. The van der Waals surface area contributed by atoms with E-state index in [2.05, 4.69) is 10.6 Å². The number of hydrogen-bond acceptors (Lipinski definition) is 4. The molecule has 0 radical (unpaired) electrons. The van der Waals surface area contributed by atoms with Gasteiger partial charge in [-0.15, -0.1) is 11.8 Å². The topological polar surface area (TPSA) is 95.5 Å². The van der Waals surface area contributed by atoms with Crippen LogP contribution in [-0.2, 0) is 14.4 Å². The molecule has 0 spiro atoms. The van der Waals surface area contributed by atoms with Crippen LogP contribution in [0.25, 0.3) is 0 Å². The number of thioether (sulfide) groups is 1. The highest BCUT2D eigenvalue weighted by Gasteiger charge is 2.34. The van der Waals surface area contributed by atoms with Crippen LogP contribution in [0.5, 0.6) is 0 Å². The Bertz CT molecular complexity index is 1280. The largest absolute Gasteiger partial charge is 0.481 e. The van der Waals surface area contributed by atoms with Gasteiger partial charge in [-0.25, -0.2) is 4.39 Å². The molecule has 0 heterocycles. The van der Waals surface area contributed by atoms with Crippen molar-refractivity contribution < 1.29 is 23.9 Å². The molecule has 0 saturated heterocycles. The summed E-state index contributed by atoms with van der Waals surface area (Å²) in [4.78, 5) is 38.4. The van der Waals surface area contributed by atoms with Crippen LogP contribution in [0.3, 0.4) is 0 Å². The van der Waals surface area contributed by atoms with Crippen LogP contribution in [0.2, 0.25) is 0 Å². The maximum Gasteiger partial charge on any atom is 0.307 e. The van der Waals surface area contributed by atoms with Gasteiger partial charge in [0.25, 0.3) is 0 Å². The number of halogens is 1. The van der Waals surface area contributed by atoms with Gasteiger partial charge in [0.05, 0.1) is 17.5 Å². The first-order valence-corrected chi connectivity index (χ1v) is 12.4. The van der Waals surface area contributed by atoms with Crippen molar-refractivity contribution in [3.8, 4) is 0 Å². The average Bonchev–Trinajstić information content (AvgIpc) is 2.89. The molecular weight excluding hydrogens is 479 g/mol. The Morgan fingerprint density at radius 1 is 0.861 bits per heavy atom. The second-order valence-corrected chi connectivity index (χ2v) is 9.57. The Hall–Kier alpha value is -3.91. The van der Waals surface area contributed by atoms with Crippen molar-refractivity contribution in [3.63, 3.8) is 0 Å². The molecule has 0 aromatic heterocycles. The number of hydrogen-bond donors (Lipinski definition) is 3. The predicted octanol–water partition coefficient (Wildman–Crippen LogP) is 5.90. The van der Waals surface area contributed by atoms with Gasteiger partial charge in [-0.05, 0) is 48.7 Å². The van der Waals surface area contributed by atoms with Crippen molar-refractivity contribution in [2.24, 2.45) is 11.8 Å². The van der Waals surface area contributed by atoms with Gasteiger partial charge in [0.15, 0.2) is 0 Å². The molecule has 2 amide bonds. The molecule has 3 N–H and O–H groups in total. The van der Waals surface area contributed by atoms with Gasteiger partial charge in [-0.2, -0.15) is 0 Å². The zero-order valence-corrected chi connectivity index (χ0v) is 20.1. The summed E-state index contributed by atoms with van der Waals surface area (Å²) in [5.74, 6) is -3.68. The van der Waals surface area contributed by atoms with E-state index in [1.54, 1.807) is 36.4 Å². The fourth-order valence-corrected chi connectivity index (χ4v) is 5.14. The summed E-state index contributed by atoms with van der Waals surface area (Å²) in [5, 5.41) is 14.3. The standard InChI is InChI=1S/C28H25FN2O4S/c29-23-15-6-7-16-24(23)31-27(33)25(18-9-2-1-3-10-18)36-20-12-8-11-19(17-20)30-26(32)21-13-4-5-14-22(21)28(34)35/h1-12,15-17,21-22,25H,13-14H2,(H,30,32)(H,31,33)(H,34,35). The Labute approximate surface area is 212 Å². The second kappa shape index (κ2) is 11.7. The number of benzene rings is 3. The van der Waals surface area contributed by atoms with Gasteiger partial charge < -0.3 is 15.7 Å². The van der Waals surface area contributed by atoms with Crippen molar-refractivity contribution in [1.82, 2.24) is 0 Å². The lowest BCUT2D eigenvalue weighted by Gasteiger charge is -2.24. The Morgan fingerprint density at radius 3 is 2.28 bits per heavy atom. The van der Waals surface area contributed by atoms with E-state index in [1.807, 2.05) is 42.5 Å². The highest BCUT2D eigenvalue weighted by atomic mass is 32.2. The summed E-state index contributed by atoms with van der Waals surface area (Å²) >= 11 is 1.27. The first kappa shape index (κ1) is 25.2. The van der Waals surface area contributed by atoms with E-state index in [0.29, 0.717) is 23.4 Å². The molecule has 4 rings (SSSR count). The third-order valence-electron chi connectivity index (χ3n) is 5.91. The average molecular weight is 505 g/mol. The molecular formula is C28H25FN2O4S. The van der Waals surface area contributed by atoms with Crippen molar-refractivity contribution in [2.75, 3.05) is 10.6 Å². The lowest BCUT2D eigenvalue weighted by Crippen LogP contribution is -2.34. The lowest BCUT2D eigenvalue weighted by molar-refractivity contribution is -0.146. The number of carboxylic acid groups (broad SMARTS) is 1. The summed E-state index contributed by atoms with van der Waals surface area (Å²) in [6.45, 7) is 0. The quantitative estimate of drug-likeness (QED) is 0.262. The third kappa shape index (κ3) is 6.20. The molecule has 3 aromatic rings. The molecule has 184 valence electrons. The minimum atomic E-state index is -0.990. The molecule has 0 aliphatic heterocycles. The summed E-state index contributed by atoms with van der Waals surface area (Å²) < 4.78 is 14.1. The van der Waals surface area contributed by atoms with Crippen LogP contribution < -0.4 is 10.6 Å². The predicted molar refractivity (Wildman–Crippen MR) is 138 cm³/mol. The summed E-state index contributed by atoms with van der Waals surface area (Å²) in [6.07, 6.45) is 4.30. The molecule has 0 saturated carbocycles. The second-order valence-electron chi connectivity index (χ2n) is 8.39. The first-order valence-electron chi connectivity index (χ1n) is 11.5. The Kier molecular flexibility index (Phi) is 8.17. The maximum atomic E-state index is 14.1. The molecule has 6 nitrogen and oxygen atoms in total. The van der Waals surface area contributed by atoms with Gasteiger partial charge in [-0.1, -0.05) is 60.7 Å². The SMILES string of the molecule is O=C(Nc1ccccc1F)C(Sc1cccc(NC(=O)C2CC=CCC2C(=O)O)c1)c1ccccc1. The van der Waals surface area contributed by atoms with Crippen LogP contribution in [0.15, 0.2) is 95.9 Å². The first-order chi connectivity index (χ1) is 17.4. The number of amides is 2. The van der Waals surface area contributed by atoms with E-state index in [-0.39, 0.29) is 17.5 Å². The fourth-order valence-electron chi connectivity index (χ4n) is 4.06. The monoisotopic (exact) mass is 504 g/mol. The van der Waals surface area contributed by atoms with Gasteiger partial charge >= 0.3 is 5.97 Å². The van der Waals surface area contributed by atoms with Gasteiger partial charge in [0, 0.05) is 10.6 Å². The van der Waals surface area contributed by atoms with E-state index >= 15 is 0 Å². The molecule has 3 atom stereocenters. The molecule has 3 unspecified atom stereocenters. The molecule has 1 aliphatic rings. The van der Waals surface area contributed by atoms with Crippen molar-refractivity contribution in [2.45, 2.75) is 23.0 Å². The molecule has 36 heavy (non-hydrogen) atoms. The molecule has 3 aromatic carbocycles. The number of carbonyl (C=O) groups is 3. The van der Waals surface area contributed by atoms with Crippen molar-refractivity contribution in [1.29, 1.82) is 0 Å². The Balaban J connectivity index is 1.53. The molecule has 0 bridgehead atoms. The number of rotatable bonds is 8. The minimum absolute atomic E-state index is 0.0968.